The van der Waals surface area contributed by atoms with Crippen LogP contribution in [0.15, 0.2) is 12.1 Å². The van der Waals surface area contributed by atoms with Crippen LogP contribution in [0, 0.1) is 0 Å². The Balaban J connectivity index is 2.63. The average molecular weight is 293 g/mol. The molecule has 0 saturated carbocycles. The molecule has 1 amide bonds. The fraction of sp³-hybridized carbons (Fsp3) is 0.467. The molecule has 0 atom stereocenters. The highest BCUT2D eigenvalue weighted by atomic mass is 16.5. The third kappa shape index (κ3) is 2.71. The molecule has 1 aromatic carbocycles. The van der Waals surface area contributed by atoms with Gasteiger partial charge >= 0.3 is 0 Å². The van der Waals surface area contributed by atoms with E-state index in [2.05, 4.69) is 0 Å². The summed E-state index contributed by atoms with van der Waals surface area (Å²) in [5.74, 6) is 0.565. The van der Waals surface area contributed by atoms with Crippen molar-refractivity contribution in [2.45, 2.75) is 26.4 Å². The van der Waals surface area contributed by atoms with Gasteiger partial charge in [-0.25, -0.2) is 0 Å². The van der Waals surface area contributed by atoms with E-state index >= 15 is 0 Å². The highest BCUT2D eigenvalue weighted by Crippen LogP contribution is 2.45. The van der Waals surface area contributed by atoms with E-state index in [0.717, 1.165) is 0 Å². The molecule has 0 radical (unpaired) electrons. The lowest BCUT2D eigenvalue weighted by molar-refractivity contribution is -0.132. The molecule has 1 N–H and O–H groups in total. The Hall–Kier alpha value is -2.08. The number of aliphatic hydroxyl groups excluding tert-OH is 1. The number of aldehydes is 1. The highest BCUT2D eigenvalue weighted by molar-refractivity contribution is 6.03. The predicted octanol–water partition coefficient (Wildman–Crippen LogP) is 1.39. The summed E-state index contributed by atoms with van der Waals surface area (Å²) in [5.41, 5.74) is -0.228. The number of carbonyl (C=O) groups excluding carboxylic acids is 2. The summed E-state index contributed by atoms with van der Waals surface area (Å²) in [6, 6.07) is 3.14. The Morgan fingerprint density at radius 1 is 1.43 bits per heavy atom. The molecule has 114 valence electrons. The number of benzene rings is 1. The van der Waals surface area contributed by atoms with Crippen LogP contribution in [-0.4, -0.2) is 42.7 Å². The van der Waals surface area contributed by atoms with Crippen molar-refractivity contribution in [1.82, 2.24) is 0 Å². The summed E-state index contributed by atoms with van der Waals surface area (Å²) < 4.78 is 11.3. The summed E-state index contributed by atoms with van der Waals surface area (Å²) in [7, 11) is 0. The van der Waals surface area contributed by atoms with Crippen molar-refractivity contribution >= 4 is 17.9 Å². The van der Waals surface area contributed by atoms with Crippen molar-refractivity contribution in [2.75, 3.05) is 24.7 Å². The zero-order valence-electron chi connectivity index (χ0n) is 12.4. The Bertz CT molecular complexity index is 567. The van der Waals surface area contributed by atoms with Gasteiger partial charge < -0.3 is 19.5 Å². The molecule has 0 spiro atoms. The summed E-state index contributed by atoms with van der Waals surface area (Å²) in [6.45, 7) is 5.50. The maximum Gasteiger partial charge on any atom is 0.270 e. The number of hydrogen-bond donors (Lipinski definition) is 1. The number of nitrogens with zero attached hydrogens (tertiary/aromatic N) is 1. The van der Waals surface area contributed by atoms with Crippen LogP contribution in [0.5, 0.6) is 11.5 Å². The molecular formula is C15H19NO5. The van der Waals surface area contributed by atoms with Crippen molar-refractivity contribution in [1.29, 1.82) is 0 Å². The molecule has 1 aliphatic heterocycles. The minimum Gasteiger partial charge on any atom is -0.490 e. The molecule has 1 heterocycles. The van der Waals surface area contributed by atoms with Crippen LogP contribution >= 0.6 is 0 Å². The molecule has 0 aliphatic carbocycles. The van der Waals surface area contributed by atoms with Gasteiger partial charge in [0.1, 0.15) is 6.29 Å². The first-order valence-electron chi connectivity index (χ1n) is 6.82. The van der Waals surface area contributed by atoms with Crippen molar-refractivity contribution in [3.8, 4) is 11.5 Å². The van der Waals surface area contributed by atoms with E-state index in [9.17, 15) is 14.7 Å². The lowest BCUT2D eigenvalue weighted by Crippen LogP contribution is -2.53. The normalized spacial score (nSPS) is 16.2. The molecule has 0 saturated heterocycles. The monoisotopic (exact) mass is 293 g/mol. The molecule has 1 aliphatic rings. The average Bonchev–Trinajstić information content (AvgIpc) is 2.44. The van der Waals surface area contributed by atoms with Gasteiger partial charge in [-0.15, -0.1) is 0 Å². The number of carbonyl (C=O) groups is 2. The highest BCUT2D eigenvalue weighted by Gasteiger charge is 2.42. The zero-order valence-corrected chi connectivity index (χ0v) is 12.4. The van der Waals surface area contributed by atoms with E-state index in [-0.39, 0.29) is 19.1 Å². The van der Waals surface area contributed by atoms with Crippen LogP contribution in [0.3, 0.4) is 0 Å². The number of anilines is 1. The number of fused-ring (bicyclic) bond motifs is 1. The predicted molar refractivity (Wildman–Crippen MR) is 77.1 cm³/mol. The van der Waals surface area contributed by atoms with Gasteiger partial charge in [-0.1, -0.05) is 0 Å². The molecule has 0 bridgehead atoms. The molecule has 0 fully saturated rings. The molecule has 1 aromatic rings. The Labute approximate surface area is 123 Å². The minimum absolute atomic E-state index is 0.131. The van der Waals surface area contributed by atoms with Gasteiger partial charge in [-0.05, 0) is 32.9 Å². The van der Waals surface area contributed by atoms with Gasteiger partial charge in [0.15, 0.2) is 17.1 Å². The first-order valence-corrected chi connectivity index (χ1v) is 6.82. The second-order valence-electron chi connectivity index (χ2n) is 5.21. The molecular weight excluding hydrogens is 274 g/mol. The number of β-amino-alcohol motifs (C(OH)–C–C–N with tert-alkyl or cyclic N) is 1. The number of amides is 1. The van der Waals surface area contributed by atoms with Crippen LogP contribution < -0.4 is 14.4 Å². The van der Waals surface area contributed by atoms with E-state index in [4.69, 9.17) is 9.47 Å². The number of ether oxygens (including phenoxy) is 2. The van der Waals surface area contributed by atoms with Crippen molar-refractivity contribution in [2.24, 2.45) is 0 Å². The number of rotatable bonds is 5. The Morgan fingerprint density at radius 2 is 2.14 bits per heavy atom. The fourth-order valence-electron chi connectivity index (χ4n) is 2.30. The van der Waals surface area contributed by atoms with Crippen LogP contribution in [0.2, 0.25) is 0 Å². The summed E-state index contributed by atoms with van der Waals surface area (Å²) in [4.78, 5) is 24.9. The molecule has 2 rings (SSSR count). The first kappa shape index (κ1) is 15.3. The second kappa shape index (κ2) is 5.73. The maximum atomic E-state index is 12.4. The second-order valence-corrected chi connectivity index (χ2v) is 5.21. The van der Waals surface area contributed by atoms with Gasteiger partial charge in [-0.3, -0.25) is 9.59 Å². The van der Waals surface area contributed by atoms with Crippen LogP contribution in [-0.2, 0) is 4.79 Å². The summed E-state index contributed by atoms with van der Waals surface area (Å²) in [6.07, 6.45) is 0.685. The maximum absolute atomic E-state index is 12.4. The number of hydrogen-bond acceptors (Lipinski definition) is 5. The largest absolute Gasteiger partial charge is 0.490 e. The third-order valence-corrected chi connectivity index (χ3v) is 3.23. The van der Waals surface area contributed by atoms with E-state index in [1.807, 2.05) is 6.92 Å². The topological polar surface area (TPSA) is 76.1 Å². The minimum atomic E-state index is -1.06. The smallest absolute Gasteiger partial charge is 0.270 e. The van der Waals surface area contributed by atoms with E-state index < -0.39 is 5.60 Å². The first-order chi connectivity index (χ1) is 9.94. The molecule has 6 heteroatoms. The van der Waals surface area contributed by atoms with Crippen LogP contribution in [0.1, 0.15) is 31.1 Å². The van der Waals surface area contributed by atoms with Gasteiger partial charge in [0, 0.05) is 12.1 Å². The van der Waals surface area contributed by atoms with Crippen LogP contribution in [0.4, 0.5) is 5.69 Å². The third-order valence-electron chi connectivity index (χ3n) is 3.23. The van der Waals surface area contributed by atoms with Crippen LogP contribution in [0.25, 0.3) is 0 Å². The standard InChI is InChI=1S/C15H19NO5/c1-4-20-12-8-10(9-18)7-11-13(12)21-15(2,3)14(19)16(11)5-6-17/h7-9,17H,4-6H2,1-3H3. The van der Waals surface area contributed by atoms with Gasteiger partial charge in [0.2, 0.25) is 0 Å². The number of aliphatic hydroxyl groups is 1. The van der Waals surface area contributed by atoms with Gasteiger partial charge in [0.25, 0.3) is 5.91 Å². The SMILES string of the molecule is CCOc1cc(C=O)cc2c1OC(C)(C)C(=O)N2CCO. The Morgan fingerprint density at radius 3 is 2.71 bits per heavy atom. The lowest BCUT2D eigenvalue weighted by Gasteiger charge is -2.39. The summed E-state index contributed by atoms with van der Waals surface area (Å²) >= 11 is 0. The van der Waals surface area contributed by atoms with E-state index in [1.165, 1.54) is 4.90 Å². The molecule has 6 nitrogen and oxygen atoms in total. The fourth-order valence-corrected chi connectivity index (χ4v) is 2.30. The van der Waals surface area contributed by atoms with Gasteiger partial charge in [-0.2, -0.15) is 0 Å². The Kier molecular flexibility index (Phi) is 4.18. The molecule has 0 aromatic heterocycles. The van der Waals surface area contributed by atoms with Crippen molar-refractivity contribution in [3.63, 3.8) is 0 Å². The van der Waals surface area contributed by atoms with Gasteiger partial charge in [0.05, 0.1) is 18.9 Å². The molecule has 0 unspecified atom stereocenters. The quantitative estimate of drug-likeness (QED) is 0.830. The lowest BCUT2D eigenvalue weighted by atomic mass is 10.0. The zero-order chi connectivity index (χ0) is 15.6. The van der Waals surface area contributed by atoms with Crippen molar-refractivity contribution < 1.29 is 24.2 Å². The van der Waals surface area contributed by atoms with E-state index in [1.54, 1.807) is 26.0 Å². The molecule has 21 heavy (non-hydrogen) atoms. The van der Waals surface area contributed by atoms with E-state index in [0.29, 0.717) is 35.6 Å². The van der Waals surface area contributed by atoms with Crippen molar-refractivity contribution in [3.05, 3.63) is 17.7 Å². The summed E-state index contributed by atoms with van der Waals surface area (Å²) in [5, 5.41) is 9.20.